The molecule has 1 amide bonds. The van der Waals surface area contributed by atoms with Gasteiger partial charge in [0.2, 0.25) is 5.91 Å². The highest BCUT2D eigenvalue weighted by molar-refractivity contribution is 5.81. The molecule has 140 valence electrons. The van der Waals surface area contributed by atoms with E-state index in [1.165, 1.54) is 4.57 Å². The van der Waals surface area contributed by atoms with Gasteiger partial charge in [-0.3, -0.25) is 19.1 Å². The normalized spacial score (nSPS) is 10.9. The average molecular weight is 367 g/mol. The standard InChI is InChI=1S/C20H21N3O4/c1-27-12-11-22(13-15-7-3-2-4-8-15)18(24)14-23-17-10-6-5-9-16(17)19(25)21-20(23)26/h2-10H,11-14H2,1H3,(H,21,25,26). The Labute approximate surface area is 155 Å². The number of hydrogen-bond acceptors (Lipinski definition) is 4. The summed E-state index contributed by atoms with van der Waals surface area (Å²) in [5, 5.41) is 0.372. The first kappa shape index (κ1) is 18.6. The second-order valence-electron chi connectivity index (χ2n) is 6.16. The van der Waals surface area contributed by atoms with Crippen LogP contribution in [-0.4, -0.2) is 40.6 Å². The van der Waals surface area contributed by atoms with Crippen molar-refractivity contribution in [2.45, 2.75) is 13.1 Å². The van der Waals surface area contributed by atoms with Crippen LogP contribution in [0, 0.1) is 0 Å². The highest BCUT2D eigenvalue weighted by atomic mass is 16.5. The molecule has 1 heterocycles. The molecule has 3 aromatic rings. The predicted octanol–water partition coefficient (Wildman–Crippen LogP) is 1.36. The number of carbonyl (C=O) groups excluding carboxylic acids is 1. The second-order valence-corrected chi connectivity index (χ2v) is 6.16. The van der Waals surface area contributed by atoms with Gasteiger partial charge in [0.15, 0.2) is 0 Å². The number of methoxy groups -OCH3 is 1. The Morgan fingerprint density at radius 3 is 2.52 bits per heavy atom. The molecule has 1 N–H and O–H groups in total. The lowest BCUT2D eigenvalue weighted by molar-refractivity contribution is -0.133. The third-order valence-electron chi connectivity index (χ3n) is 4.33. The SMILES string of the molecule is COCCN(Cc1ccccc1)C(=O)Cn1c(=O)[nH]c(=O)c2ccccc21. The fourth-order valence-corrected chi connectivity index (χ4v) is 2.93. The van der Waals surface area contributed by atoms with Crippen molar-refractivity contribution in [3.63, 3.8) is 0 Å². The minimum atomic E-state index is -0.599. The Balaban J connectivity index is 1.90. The number of aromatic amines is 1. The number of benzene rings is 2. The van der Waals surface area contributed by atoms with Gasteiger partial charge in [-0.05, 0) is 17.7 Å². The van der Waals surface area contributed by atoms with Crippen molar-refractivity contribution in [1.29, 1.82) is 0 Å². The maximum atomic E-state index is 12.9. The molecule has 2 aromatic carbocycles. The van der Waals surface area contributed by atoms with Crippen LogP contribution >= 0.6 is 0 Å². The zero-order valence-electron chi connectivity index (χ0n) is 15.1. The molecule has 0 fully saturated rings. The quantitative estimate of drug-likeness (QED) is 0.683. The Bertz CT molecular complexity index is 1040. The van der Waals surface area contributed by atoms with Gasteiger partial charge in [-0.1, -0.05) is 42.5 Å². The van der Waals surface area contributed by atoms with Crippen LogP contribution in [0.4, 0.5) is 0 Å². The lowest BCUT2D eigenvalue weighted by atomic mass is 10.2. The molecule has 27 heavy (non-hydrogen) atoms. The molecule has 0 saturated heterocycles. The summed E-state index contributed by atoms with van der Waals surface area (Å²) in [6, 6.07) is 16.4. The smallest absolute Gasteiger partial charge is 0.329 e. The van der Waals surface area contributed by atoms with Gasteiger partial charge in [-0.2, -0.15) is 0 Å². The molecule has 0 aliphatic heterocycles. The van der Waals surface area contributed by atoms with Crippen LogP contribution in [0.1, 0.15) is 5.56 Å². The molecule has 0 radical (unpaired) electrons. The lowest BCUT2D eigenvalue weighted by Gasteiger charge is -2.23. The Morgan fingerprint density at radius 2 is 1.78 bits per heavy atom. The van der Waals surface area contributed by atoms with E-state index >= 15 is 0 Å². The van der Waals surface area contributed by atoms with Crippen LogP contribution in [0.5, 0.6) is 0 Å². The molecule has 0 aliphatic rings. The Hall–Kier alpha value is -3.19. The molecule has 0 saturated carbocycles. The zero-order chi connectivity index (χ0) is 19.2. The number of carbonyl (C=O) groups is 1. The topological polar surface area (TPSA) is 84.4 Å². The van der Waals surface area contributed by atoms with Gasteiger partial charge in [0.1, 0.15) is 6.54 Å². The maximum Gasteiger partial charge on any atom is 0.329 e. The third kappa shape index (κ3) is 4.32. The van der Waals surface area contributed by atoms with E-state index in [0.717, 1.165) is 5.56 Å². The number of H-pyrrole nitrogens is 1. The van der Waals surface area contributed by atoms with Crippen molar-refractivity contribution in [3.8, 4) is 0 Å². The number of rotatable bonds is 7. The maximum absolute atomic E-state index is 12.9. The van der Waals surface area contributed by atoms with Crippen LogP contribution in [0.2, 0.25) is 0 Å². The number of nitrogens with one attached hydrogen (secondary N) is 1. The van der Waals surface area contributed by atoms with Crippen LogP contribution in [0.3, 0.4) is 0 Å². The molecule has 1 aromatic heterocycles. The largest absolute Gasteiger partial charge is 0.383 e. The number of para-hydroxylation sites is 1. The van der Waals surface area contributed by atoms with Crippen molar-refractivity contribution >= 4 is 16.8 Å². The van der Waals surface area contributed by atoms with Crippen molar-refractivity contribution in [1.82, 2.24) is 14.5 Å². The van der Waals surface area contributed by atoms with Gasteiger partial charge in [0.05, 0.1) is 17.5 Å². The second kappa shape index (κ2) is 8.46. The molecule has 3 rings (SSSR count). The van der Waals surface area contributed by atoms with E-state index in [4.69, 9.17) is 4.74 Å². The zero-order valence-corrected chi connectivity index (χ0v) is 15.1. The van der Waals surface area contributed by atoms with Gasteiger partial charge in [0, 0.05) is 20.2 Å². The van der Waals surface area contributed by atoms with E-state index in [0.29, 0.717) is 30.6 Å². The predicted molar refractivity (Wildman–Crippen MR) is 103 cm³/mol. The van der Waals surface area contributed by atoms with Crippen molar-refractivity contribution in [2.24, 2.45) is 0 Å². The number of fused-ring (bicyclic) bond motifs is 1. The number of nitrogens with zero attached hydrogens (tertiary/aromatic N) is 2. The summed E-state index contributed by atoms with van der Waals surface area (Å²) in [7, 11) is 1.57. The van der Waals surface area contributed by atoms with Crippen LogP contribution in [0.15, 0.2) is 64.2 Å². The summed E-state index contributed by atoms with van der Waals surface area (Å²) in [5.41, 5.74) is 0.366. The Kier molecular flexibility index (Phi) is 5.83. The fraction of sp³-hybridized carbons (Fsp3) is 0.250. The summed E-state index contributed by atoms with van der Waals surface area (Å²) in [6.07, 6.45) is 0. The van der Waals surface area contributed by atoms with Crippen LogP contribution < -0.4 is 11.2 Å². The van der Waals surface area contributed by atoms with Gasteiger partial charge in [0.25, 0.3) is 5.56 Å². The third-order valence-corrected chi connectivity index (χ3v) is 4.33. The molecular formula is C20H21N3O4. The van der Waals surface area contributed by atoms with E-state index in [2.05, 4.69) is 4.98 Å². The summed E-state index contributed by atoms with van der Waals surface area (Å²) >= 11 is 0. The molecule has 0 unspecified atom stereocenters. The molecule has 0 spiro atoms. The molecular weight excluding hydrogens is 346 g/mol. The summed E-state index contributed by atoms with van der Waals surface area (Å²) in [5.74, 6) is -0.227. The van der Waals surface area contributed by atoms with Gasteiger partial charge in [-0.15, -0.1) is 0 Å². The molecule has 7 heteroatoms. The number of aromatic nitrogens is 2. The lowest BCUT2D eigenvalue weighted by Crippen LogP contribution is -2.40. The minimum absolute atomic E-state index is 0.160. The Morgan fingerprint density at radius 1 is 1.07 bits per heavy atom. The molecule has 7 nitrogen and oxygen atoms in total. The molecule has 0 aliphatic carbocycles. The van der Waals surface area contributed by atoms with Gasteiger partial charge in [-0.25, -0.2) is 4.79 Å². The van der Waals surface area contributed by atoms with Gasteiger partial charge >= 0.3 is 5.69 Å². The van der Waals surface area contributed by atoms with Crippen LogP contribution in [-0.2, 0) is 22.6 Å². The van der Waals surface area contributed by atoms with Gasteiger partial charge < -0.3 is 9.64 Å². The average Bonchev–Trinajstić information content (AvgIpc) is 2.69. The van der Waals surface area contributed by atoms with E-state index in [9.17, 15) is 14.4 Å². The number of hydrogen-bond donors (Lipinski definition) is 1. The van der Waals surface area contributed by atoms with E-state index in [1.54, 1.807) is 36.3 Å². The van der Waals surface area contributed by atoms with Crippen molar-refractivity contribution in [3.05, 3.63) is 81.0 Å². The first-order valence-electron chi connectivity index (χ1n) is 8.62. The fourth-order valence-electron chi connectivity index (χ4n) is 2.93. The van der Waals surface area contributed by atoms with Crippen molar-refractivity contribution < 1.29 is 9.53 Å². The molecule has 0 bridgehead atoms. The monoisotopic (exact) mass is 367 g/mol. The highest BCUT2D eigenvalue weighted by Crippen LogP contribution is 2.09. The summed E-state index contributed by atoms with van der Waals surface area (Å²) < 4.78 is 6.41. The minimum Gasteiger partial charge on any atom is -0.383 e. The van der Waals surface area contributed by atoms with Crippen LogP contribution in [0.25, 0.3) is 10.9 Å². The first-order chi connectivity index (χ1) is 13.1. The number of ether oxygens (including phenoxy) is 1. The molecule has 0 atom stereocenters. The number of amides is 1. The summed E-state index contributed by atoms with van der Waals surface area (Å²) in [4.78, 5) is 41.1. The van der Waals surface area contributed by atoms with E-state index < -0.39 is 11.2 Å². The van der Waals surface area contributed by atoms with E-state index in [1.807, 2.05) is 30.3 Å². The van der Waals surface area contributed by atoms with Crippen molar-refractivity contribution in [2.75, 3.05) is 20.3 Å². The summed E-state index contributed by atoms with van der Waals surface area (Å²) in [6.45, 7) is 1.05. The van der Waals surface area contributed by atoms with E-state index in [-0.39, 0.29) is 12.5 Å². The highest BCUT2D eigenvalue weighted by Gasteiger charge is 2.17. The first-order valence-corrected chi connectivity index (χ1v) is 8.62.